The van der Waals surface area contributed by atoms with Crippen molar-refractivity contribution in [2.24, 2.45) is 11.7 Å². The van der Waals surface area contributed by atoms with Gasteiger partial charge in [-0.15, -0.1) is 0 Å². The average molecular weight is 263 g/mol. The van der Waals surface area contributed by atoms with E-state index in [1.165, 1.54) is 0 Å². The number of rotatable bonds is 9. The van der Waals surface area contributed by atoms with Crippen molar-refractivity contribution < 1.29 is 12.6 Å². The van der Waals surface area contributed by atoms with Crippen LogP contribution in [0.1, 0.15) is 40.0 Å². The van der Waals surface area contributed by atoms with Gasteiger partial charge < -0.3 is 5.73 Å². The Labute approximate surface area is 105 Å². The van der Waals surface area contributed by atoms with Crippen LogP contribution in [-0.2, 0) is 14.3 Å². The highest BCUT2D eigenvalue weighted by atomic mass is 32.2. The molecule has 0 rings (SSSR count). The number of hydrogen-bond acceptors (Lipinski definition) is 4. The molecule has 0 radical (unpaired) electrons. The molecule has 0 spiro atoms. The van der Waals surface area contributed by atoms with Crippen LogP contribution < -0.4 is 5.73 Å². The quantitative estimate of drug-likeness (QED) is 0.510. The fourth-order valence-electron chi connectivity index (χ4n) is 1.40. The number of allylic oxidation sites excluding steroid dienone is 1. The van der Waals surface area contributed by atoms with Crippen LogP contribution >= 0.6 is 0 Å². The molecule has 0 saturated carbocycles. The summed E-state index contributed by atoms with van der Waals surface area (Å²) in [5, 5.41) is 0. The van der Waals surface area contributed by atoms with Gasteiger partial charge in [-0.25, -0.2) is 0 Å². The third kappa shape index (κ3) is 8.35. The fraction of sp³-hybridized carbons (Fsp3) is 0.833. The molecule has 0 aromatic carbocycles. The Morgan fingerprint density at radius 3 is 2.53 bits per heavy atom. The summed E-state index contributed by atoms with van der Waals surface area (Å²) in [7, 11) is -3.45. The predicted molar refractivity (Wildman–Crippen MR) is 71.2 cm³/mol. The Hall–Kier alpha value is -0.390. The molecule has 4 nitrogen and oxygen atoms in total. The zero-order valence-corrected chi connectivity index (χ0v) is 11.9. The molecule has 5 heteroatoms. The Morgan fingerprint density at radius 2 is 2.06 bits per heavy atom. The Kier molecular flexibility index (Phi) is 8.47. The molecule has 0 aliphatic rings. The van der Waals surface area contributed by atoms with Gasteiger partial charge in [0.05, 0.1) is 12.4 Å². The summed E-state index contributed by atoms with van der Waals surface area (Å²) in [6, 6.07) is 0. The maximum atomic E-state index is 11.7. The van der Waals surface area contributed by atoms with Crippen LogP contribution in [0.25, 0.3) is 0 Å². The Balaban J connectivity index is 4.36. The SMILES string of the molecule is CCC=C(CCC)CS(=O)(=O)OCC(C)CN. The largest absolute Gasteiger partial charge is 0.330 e. The zero-order valence-electron chi connectivity index (χ0n) is 11.1. The molecule has 0 aliphatic carbocycles. The molecule has 102 valence electrons. The van der Waals surface area contributed by atoms with Crippen molar-refractivity contribution >= 4 is 10.1 Å². The molecule has 2 N–H and O–H groups in total. The predicted octanol–water partition coefficient (Wildman–Crippen LogP) is 2.06. The van der Waals surface area contributed by atoms with E-state index in [1.54, 1.807) is 0 Å². The van der Waals surface area contributed by atoms with Crippen molar-refractivity contribution in [1.82, 2.24) is 0 Å². The Bertz CT molecular complexity index is 323. The Morgan fingerprint density at radius 1 is 1.41 bits per heavy atom. The standard InChI is InChI=1S/C12H25NO3S/c1-4-6-12(7-5-2)10-17(14,15)16-9-11(3)8-13/h6,11H,4-5,7-10,13H2,1-3H3. The maximum absolute atomic E-state index is 11.7. The first-order valence-electron chi connectivity index (χ1n) is 6.20. The van der Waals surface area contributed by atoms with Gasteiger partial charge in [0.1, 0.15) is 0 Å². The van der Waals surface area contributed by atoms with Gasteiger partial charge in [-0.2, -0.15) is 8.42 Å². The summed E-state index contributed by atoms with van der Waals surface area (Å²) >= 11 is 0. The van der Waals surface area contributed by atoms with Gasteiger partial charge in [0, 0.05) is 0 Å². The first-order valence-corrected chi connectivity index (χ1v) is 7.78. The van der Waals surface area contributed by atoms with Crippen LogP contribution in [0.3, 0.4) is 0 Å². The molecule has 1 atom stereocenters. The normalized spacial score (nSPS) is 14.9. The van der Waals surface area contributed by atoms with Crippen LogP contribution in [-0.4, -0.2) is 27.3 Å². The van der Waals surface area contributed by atoms with Crippen LogP contribution in [0.4, 0.5) is 0 Å². The second-order valence-electron chi connectivity index (χ2n) is 4.35. The lowest BCUT2D eigenvalue weighted by Crippen LogP contribution is -2.21. The van der Waals surface area contributed by atoms with E-state index in [4.69, 9.17) is 9.92 Å². The molecule has 0 aromatic heterocycles. The van der Waals surface area contributed by atoms with E-state index in [0.717, 1.165) is 24.8 Å². The van der Waals surface area contributed by atoms with Crippen molar-refractivity contribution in [2.75, 3.05) is 18.9 Å². The van der Waals surface area contributed by atoms with Gasteiger partial charge in [0.2, 0.25) is 0 Å². The average Bonchev–Trinajstić information content (AvgIpc) is 2.26. The van der Waals surface area contributed by atoms with E-state index in [0.29, 0.717) is 6.54 Å². The molecule has 1 unspecified atom stereocenters. The summed E-state index contributed by atoms with van der Waals surface area (Å²) in [6.45, 7) is 6.50. The smallest absolute Gasteiger partial charge is 0.271 e. The minimum absolute atomic E-state index is 0.00592. The maximum Gasteiger partial charge on any atom is 0.271 e. The first kappa shape index (κ1) is 16.6. The van der Waals surface area contributed by atoms with Gasteiger partial charge in [0.15, 0.2) is 0 Å². The van der Waals surface area contributed by atoms with E-state index in [-0.39, 0.29) is 18.3 Å². The molecule has 0 aromatic rings. The molecule has 0 bridgehead atoms. The summed E-state index contributed by atoms with van der Waals surface area (Å²) in [6.07, 6.45) is 4.57. The minimum atomic E-state index is -3.45. The molecular formula is C12H25NO3S. The van der Waals surface area contributed by atoms with Gasteiger partial charge in [-0.3, -0.25) is 4.18 Å². The van der Waals surface area contributed by atoms with Crippen LogP contribution in [0.15, 0.2) is 11.6 Å². The van der Waals surface area contributed by atoms with Crippen molar-refractivity contribution in [3.05, 3.63) is 11.6 Å². The highest BCUT2D eigenvalue weighted by molar-refractivity contribution is 7.86. The molecule has 17 heavy (non-hydrogen) atoms. The lowest BCUT2D eigenvalue weighted by molar-refractivity contribution is 0.269. The molecule has 0 amide bonds. The van der Waals surface area contributed by atoms with Crippen LogP contribution in [0.5, 0.6) is 0 Å². The van der Waals surface area contributed by atoms with E-state index >= 15 is 0 Å². The van der Waals surface area contributed by atoms with Crippen molar-refractivity contribution in [1.29, 1.82) is 0 Å². The third-order valence-electron chi connectivity index (χ3n) is 2.36. The fourth-order valence-corrected chi connectivity index (χ4v) is 2.64. The van der Waals surface area contributed by atoms with Gasteiger partial charge in [-0.1, -0.05) is 38.8 Å². The van der Waals surface area contributed by atoms with E-state index in [2.05, 4.69) is 0 Å². The third-order valence-corrected chi connectivity index (χ3v) is 3.58. The first-order chi connectivity index (χ1) is 7.95. The van der Waals surface area contributed by atoms with E-state index in [1.807, 2.05) is 26.8 Å². The summed E-state index contributed by atoms with van der Waals surface area (Å²) in [5.74, 6) is 0.0703. The van der Waals surface area contributed by atoms with Gasteiger partial charge in [0.25, 0.3) is 10.1 Å². The van der Waals surface area contributed by atoms with Gasteiger partial charge >= 0.3 is 0 Å². The second kappa shape index (κ2) is 8.66. The topological polar surface area (TPSA) is 69.4 Å². The molecule has 0 heterocycles. The highest BCUT2D eigenvalue weighted by Gasteiger charge is 2.15. The van der Waals surface area contributed by atoms with Crippen molar-refractivity contribution in [2.45, 2.75) is 40.0 Å². The van der Waals surface area contributed by atoms with Crippen molar-refractivity contribution in [3.63, 3.8) is 0 Å². The van der Waals surface area contributed by atoms with Crippen molar-refractivity contribution in [3.8, 4) is 0 Å². The van der Waals surface area contributed by atoms with E-state index < -0.39 is 10.1 Å². The summed E-state index contributed by atoms with van der Waals surface area (Å²) in [5.41, 5.74) is 6.35. The lowest BCUT2D eigenvalue weighted by atomic mass is 10.1. The minimum Gasteiger partial charge on any atom is -0.330 e. The van der Waals surface area contributed by atoms with E-state index in [9.17, 15) is 8.42 Å². The molecular weight excluding hydrogens is 238 g/mol. The highest BCUT2D eigenvalue weighted by Crippen LogP contribution is 2.11. The number of hydrogen-bond donors (Lipinski definition) is 1. The van der Waals surface area contributed by atoms with Gasteiger partial charge in [-0.05, 0) is 25.3 Å². The summed E-state index contributed by atoms with van der Waals surface area (Å²) in [4.78, 5) is 0. The van der Waals surface area contributed by atoms with Crippen LogP contribution in [0, 0.1) is 5.92 Å². The molecule has 0 aliphatic heterocycles. The number of nitrogens with two attached hydrogens (primary N) is 1. The van der Waals surface area contributed by atoms with Crippen LogP contribution in [0.2, 0.25) is 0 Å². The molecule has 0 fully saturated rings. The summed E-state index contributed by atoms with van der Waals surface area (Å²) < 4.78 is 28.4. The molecule has 0 saturated heterocycles. The second-order valence-corrected chi connectivity index (χ2v) is 5.99. The lowest BCUT2D eigenvalue weighted by Gasteiger charge is -2.11. The zero-order chi connectivity index (χ0) is 13.3. The monoisotopic (exact) mass is 263 g/mol.